The number of carbonyl (C=O) groups is 1. The van der Waals surface area contributed by atoms with Gasteiger partial charge in [-0.2, -0.15) is 0 Å². The Labute approximate surface area is 129 Å². The molecule has 0 bridgehead atoms. The number of hydrogen-bond donors (Lipinski definition) is 1. The fourth-order valence-electron chi connectivity index (χ4n) is 4.70. The van der Waals surface area contributed by atoms with Gasteiger partial charge in [-0.1, -0.05) is 45.4 Å². The van der Waals surface area contributed by atoms with Gasteiger partial charge in [0, 0.05) is 12.1 Å². The molecule has 3 rings (SSSR count). The second-order valence-corrected chi connectivity index (χ2v) is 7.53. The van der Waals surface area contributed by atoms with Gasteiger partial charge in [0.2, 0.25) is 5.91 Å². The second-order valence-electron chi connectivity index (χ2n) is 7.53. The van der Waals surface area contributed by atoms with Gasteiger partial charge in [-0.15, -0.1) is 0 Å². The maximum Gasteiger partial charge on any atom is 0.240 e. The number of nitrogens with one attached hydrogen (secondary N) is 1. The molecule has 0 radical (unpaired) electrons. The molecule has 0 spiro atoms. The van der Waals surface area contributed by atoms with Crippen molar-refractivity contribution >= 4 is 5.91 Å². The molecule has 1 N–H and O–H groups in total. The van der Waals surface area contributed by atoms with Crippen molar-refractivity contribution in [1.29, 1.82) is 0 Å². The first-order valence-electron chi connectivity index (χ1n) is 9.33. The number of carbonyl (C=O) groups excluding carboxylic acids is 1. The normalized spacial score (nSPS) is 32.2. The summed E-state index contributed by atoms with van der Waals surface area (Å²) in [6, 6.07) is 1.15. The average Bonchev–Trinajstić information content (AvgIpc) is 2.96. The first-order chi connectivity index (χ1) is 10.3. The molecule has 120 valence electrons. The van der Waals surface area contributed by atoms with Crippen LogP contribution in [0.2, 0.25) is 0 Å². The van der Waals surface area contributed by atoms with Crippen LogP contribution in [0, 0.1) is 5.92 Å². The zero-order valence-corrected chi connectivity index (χ0v) is 13.7. The van der Waals surface area contributed by atoms with Crippen molar-refractivity contribution in [3.05, 3.63) is 0 Å². The largest absolute Gasteiger partial charge is 0.335 e. The van der Waals surface area contributed by atoms with E-state index in [0.717, 1.165) is 13.0 Å². The Hall–Kier alpha value is -0.570. The van der Waals surface area contributed by atoms with Crippen molar-refractivity contribution in [3.8, 4) is 0 Å². The van der Waals surface area contributed by atoms with Crippen molar-refractivity contribution in [2.24, 2.45) is 5.92 Å². The zero-order valence-electron chi connectivity index (χ0n) is 13.7. The van der Waals surface area contributed by atoms with Crippen LogP contribution in [0.5, 0.6) is 0 Å². The Bertz CT molecular complexity index is 327. The van der Waals surface area contributed by atoms with Crippen LogP contribution in [-0.2, 0) is 4.79 Å². The third kappa shape index (κ3) is 3.44. The molecule has 3 fully saturated rings. The van der Waals surface area contributed by atoms with Crippen LogP contribution < -0.4 is 5.32 Å². The number of amides is 1. The van der Waals surface area contributed by atoms with Gasteiger partial charge in [-0.3, -0.25) is 4.79 Å². The van der Waals surface area contributed by atoms with E-state index in [0.29, 0.717) is 23.9 Å². The Kier molecular flexibility index (Phi) is 5.20. The van der Waals surface area contributed by atoms with E-state index in [9.17, 15) is 4.79 Å². The molecule has 0 aromatic heterocycles. The lowest BCUT2D eigenvalue weighted by molar-refractivity contribution is -0.140. The fraction of sp³-hybridized carbons (Fsp3) is 0.944. The molecule has 2 saturated carbocycles. The van der Waals surface area contributed by atoms with E-state index in [2.05, 4.69) is 17.1 Å². The molecule has 2 unspecified atom stereocenters. The zero-order chi connectivity index (χ0) is 14.7. The van der Waals surface area contributed by atoms with Gasteiger partial charge in [0.1, 0.15) is 0 Å². The van der Waals surface area contributed by atoms with Crippen LogP contribution in [0.3, 0.4) is 0 Å². The van der Waals surface area contributed by atoms with Crippen LogP contribution >= 0.6 is 0 Å². The lowest BCUT2D eigenvalue weighted by Gasteiger charge is -2.43. The number of hydrogen-bond acceptors (Lipinski definition) is 2. The molecular weight excluding hydrogens is 260 g/mol. The van der Waals surface area contributed by atoms with Crippen molar-refractivity contribution in [2.45, 2.75) is 95.7 Å². The predicted octanol–water partition coefficient (Wildman–Crippen LogP) is 3.48. The summed E-state index contributed by atoms with van der Waals surface area (Å²) in [6.07, 6.45) is 14.1. The van der Waals surface area contributed by atoms with Crippen LogP contribution in [-0.4, -0.2) is 35.5 Å². The molecule has 3 aliphatic rings. The van der Waals surface area contributed by atoms with Gasteiger partial charge in [0.25, 0.3) is 0 Å². The van der Waals surface area contributed by atoms with Gasteiger partial charge in [0.15, 0.2) is 0 Å². The summed E-state index contributed by atoms with van der Waals surface area (Å²) in [5.41, 5.74) is 0. The highest BCUT2D eigenvalue weighted by Gasteiger charge is 2.39. The molecule has 0 aromatic rings. The summed E-state index contributed by atoms with van der Waals surface area (Å²) in [4.78, 5) is 15.6. The maximum absolute atomic E-state index is 13.2. The van der Waals surface area contributed by atoms with Crippen LogP contribution in [0.4, 0.5) is 0 Å². The van der Waals surface area contributed by atoms with Crippen molar-refractivity contribution in [2.75, 3.05) is 6.54 Å². The first kappa shape index (κ1) is 15.3. The topological polar surface area (TPSA) is 32.3 Å². The second kappa shape index (κ2) is 7.13. The molecule has 1 aliphatic heterocycles. The van der Waals surface area contributed by atoms with Gasteiger partial charge < -0.3 is 10.2 Å². The van der Waals surface area contributed by atoms with E-state index < -0.39 is 0 Å². The minimum Gasteiger partial charge on any atom is -0.335 e. The molecule has 3 heteroatoms. The SMILES string of the molecule is CC1CCNC1C(=O)N(C1CCCCC1)C1CCCCC1. The Balaban J connectivity index is 1.74. The molecule has 3 nitrogen and oxygen atoms in total. The quantitative estimate of drug-likeness (QED) is 0.863. The van der Waals surface area contributed by atoms with Crippen molar-refractivity contribution < 1.29 is 4.79 Å². The van der Waals surface area contributed by atoms with E-state index in [-0.39, 0.29) is 6.04 Å². The Morgan fingerprint density at radius 1 is 0.857 bits per heavy atom. The van der Waals surface area contributed by atoms with E-state index in [1.165, 1.54) is 64.2 Å². The average molecular weight is 292 g/mol. The predicted molar refractivity (Wildman–Crippen MR) is 86.2 cm³/mol. The lowest BCUT2D eigenvalue weighted by atomic mass is 9.87. The van der Waals surface area contributed by atoms with Gasteiger partial charge in [0.05, 0.1) is 6.04 Å². The molecule has 1 saturated heterocycles. The standard InChI is InChI=1S/C18H32N2O/c1-14-12-13-19-17(14)18(21)20(15-8-4-2-5-9-15)16-10-6-3-7-11-16/h14-17,19H,2-13H2,1H3. The van der Waals surface area contributed by atoms with Gasteiger partial charge in [-0.25, -0.2) is 0 Å². The van der Waals surface area contributed by atoms with E-state index >= 15 is 0 Å². The monoisotopic (exact) mass is 292 g/mol. The molecule has 1 heterocycles. The molecule has 0 aromatic carbocycles. The van der Waals surface area contributed by atoms with Crippen LogP contribution in [0.25, 0.3) is 0 Å². The van der Waals surface area contributed by atoms with Gasteiger partial charge >= 0.3 is 0 Å². The van der Waals surface area contributed by atoms with E-state index in [1.807, 2.05) is 0 Å². The van der Waals surface area contributed by atoms with Crippen LogP contribution in [0.1, 0.15) is 77.6 Å². The summed E-state index contributed by atoms with van der Waals surface area (Å²) >= 11 is 0. The molecule has 2 atom stereocenters. The van der Waals surface area contributed by atoms with Gasteiger partial charge in [-0.05, 0) is 44.6 Å². The minimum atomic E-state index is 0.0915. The molecule has 21 heavy (non-hydrogen) atoms. The highest BCUT2D eigenvalue weighted by atomic mass is 16.2. The Morgan fingerprint density at radius 2 is 1.38 bits per heavy atom. The highest BCUT2D eigenvalue weighted by molar-refractivity contribution is 5.83. The maximum atomic E-state index is 13.2. The Morgan fingerprint density at radius 3 is 1.81 bits per heavy atom. The summed E-state index contributed by atoms with van der Waals surface area (Å²) in [5.74, 6) is 0.936. The fourth-order valence-corrected chi connectivity index (χ4v) is 4.70. The summed E-state index contributed by atoms with van der Waals surface area (Å²) in [7, 11) is 0. The van der Waals surface area contributed by atoms with E-state index in [4.69, 9.17) is 0 Å². The summed E-state index contributed by atoms with van der Waals surface area (Å²) in [6.45, 7) is 3.25. The number of nitrogens with zero attached hydrogens (tertiary/aromatic N) is 1. The third-order valence-electron chi connectivity index (χ3n) is 5.99. The third-order valence-corrected chi connectivity index (χ3v) is 5.99. The summed E-state index contributed by atoms with van der Waals surface area (Å²) in [5, 5.41) is 3.47. The van der Waals surface area contributed by atoms with E-state index in [1.54, 1.807) is 0 Å². The smallest absolute Gasteiger partial charge is 0.240 e. The first-order valence-corrected chi connectivity index (χ1v) is 9.33. The molecule has 2 aliphatic carbocycles. The van der Waals surface area contributed by atoms with Crippen molar-refractivity contribution in [1.82, 2.24) is 10.2 Å². The number of rotatable bonds is 3. The minimum absolute atomic E-state index is 0.0915. The lowest BCUT2D eigenvalue weighted by Crippen LogP contribution is -2.55. The summed E-state index contributed by atoms with van der Waals surface area (Å²) < 4.78 is 0. The molecule has 1 amide bonds. The molecular formula is C18H32N2O. The van der Waals surface area contributed by atoms with Crippen molar-refractivity contribution in [3.63, 3.8) is 0 Å². The van der Waals surface area contributed by atoms with Crippen LogP contribution in [0.15, 0.2) is 0 Å². The highest BCUT2D eigenvalue weighted by Crippen LogP contribution is 2.32.